The average Bonchev–Trinajstić information content (AvgIpc) is 2.65. The maximum atomic E-state index is 6.71. The van der Waals surface area contributed by atoms with Gasteiger partial charge in [0.05, 0.1) is 7.11 Å². The van der Waals surface area contributed by atoms with E-state index in [0.29, 0.717) is 0 Å². The fourth-order valence-corrected chi connectivity index (χ4v) is 4.90. The number of thioether (sulfide) groups is 1. The maximum Gasteiger partial charge on any atom is 0.250 e. The number of rotatable bonds is 6. The molecule has 0 aliphatic carbocycles. The van der Waals surface area contributed by atoms with E-state index in [1.165, 1.54) is 10.5 Å². The van der Waals surface area contributed by atoms with Crippen LogP contribution in [0.5, 0.6) is 11.5 Å². The lowest BCUT2D eigenvalue weighted by molar-refractivity contribution is 0.414. The number of hydrogen-bond acceptors (Lipinski definition) is 3. The molecule has 0 spiro atoms. The highest BCUT2D eigenvalue weighted by atomic mass is 35.5. The van der Waals surface area contributed by atoms with Crippen molar-refractivity contribution in [2.24, 2.45) is 0 Å². The van der Waals surface area contributed by atoms with Gasteiger partial charge in [-0.3, -0.25) is 0 Å². The van der Waals surface area contributed by atoms with Crippen molar-refractivity contribution in [1.82, 2.24) is 0 Å². The minimum absolute atomic E-state index is 0.137. The molecule has 2 nitrogen and oxygen atoms in total. The summed E-state index contributed by atoms with van der Waals surface area (Å²) < 4.78 is 12.0. The summed E-state index contributed by atoms with van der Waals surface area (Å²) in [6, 6.07) is 18.6. The maximum absolute atomic E-state index is 6.71. The Morgan fingerprint density at radius 3 is 2.28 bits per heavy atom. The van der Waals surface area contributed by atoms with E-state index >= 15 is 0 Å². The number of hydrogen-bond donors (Lipinski definition) is 0. The summed E-state index contributed by atoms with van der Waals surface area (Å²) in [5, 5.41) is 3.12. The Kier molecular flexibility index (Phi) is 6.56. The van der Waals surface area contributed by atoms with Crippen molar-refractivity contribution in [1.29, 1.82) is 0 Å². The summed E-state index contributed by atoms with van der Waals surface area (Å²) in [5.41, 5.74) is 1.26. The third kappa shape index (κ3) is 5.30. The Morgan fingerprint density at radius 2 is 1.66 bits per heavy atom. The summed E-state index contributed by atoms with van der Waals surface area (Å²) >= 11 is 8.09. The first kappa shape index (κ1) is 22.1. The monoisotopic (exact) mass is 444 g/mol. The minimum Gasteiger partial charge on any atom is -0.543 e. The summed E-state index contributed by atoms with van der Waals surface area (Å²) in [6.45, 7) is 11.4. The fourth-order valence-electron chi connectivity index (χ4n) is 2.76. The Morgan fingerprint density at radius 1 is 0.966 bits per heavy atom. The molecule has 0 radical (unpaired) electrons. The van der Waals surface area contributed by atoms with Crippen LogP contribution in [0.3, 0.4) is 0 Å². The van der Waals surface area contributed by atoms with Gasteiger partial charge in [0, 0.05) is 21.1 Å². The third-order valence-electron chi connectivity index (χ3n) is 5.59. The van der Waals surface area contributed by atoms with E-state index in [4.69, 9.17) is 20.8 Å². The molecule has 3 aromatic rings. The highest BCUT2D eigenvalue weighted by Gasteiger charge is 2.39. The van der Waals surface area contributed by atoms with Crippen LogP contribution in [0, 0.1) is 0 Å². The molecular weight excluding hydrogens is 416 g/mol. The second-order valence-corrected chi connectivity index (χ2v) is 15.0. The van der Waals surface area contributed by atoms with Crippen LogP contribution in [0.4, 0.5) is 0 Å². The quantitative estimate of drug-likeness (QED) is 0.282. The molecule has 0 heterocycles. The molecule has 5 heteroatoms. The zero-order valence-corrected chi connectivity index (χ0v) is 20.6. The van der Waals surface area contributed by atoms with Gasteiger partial charge >= 0.3 is 0 Å². The first-order chi connectivity index (χ1) is 13.6. The second kappa shape index (κ2) is 8.63. The van der Waals surface area contributed by atoms with Crippen LogP contribution in [-0.4, -0.2) is 15.4 Å². The lowest BCUT2D eigenvalue weighted by Gasteiger charge is -2.37. The highest BCUT2D eigenvalue weighted by Crippen LogP contribution is 2.41. The largest absolute Gasteiger partial charge is 0.543 e. The summed E-state index contributed by atoms with van der Waals surface area (Å²) in [6.07, 6.45) is 0. The van der Waals surface area contributed by atoms with E-state index < -0.39 is 8.32 Å². The molecule has 29 heavy (non-hydrogen) atoms. The fraction of sp³-hybridized carbons (Fsp3) is 0.333. The van der Waals surface area contributed by atoms with Crippen LogP contribution in [-0.2, 0) is 5.75 Å². The number of halogens is 1. The smallest absolute Gasteiger partial charge is 0.250 e. The molecule has 0 saturated carbocycles. The molecule has 0 N–H and O–H groups in total. The van der Waals surface area contributed by atoms with Gasteiger partial charge in [-0.1, -0.05) is 44.5 Å². The third-order valence-corrected chi connectivity index (χ3v) is 11.2. The van der Waals surface area contributed by atoms with Crippen LogP contribution in [0.2, 0.25) is 23.2 Å². The molecule has 0 amide bonds. The predicted molar refractivity (Wildman–Crippen MR) is 129 cm³/mol. The molecular formula is C24H29ClO2SSi. The molecule has 3 aromatic carbocycles. The normalized spacial score (nSPS) is 12.2. The molecule has 0 atom stereocenters. The van der Waals surface area contributed by atoms with Gasteiger partial charge in [-0.2, -0.15) is 0 Å². The zero-order valence-electron chi connectivity index (χ0n) is 18.0. The lowest BCUT2D eigenvalue weighted by Crippen LogP contribution is -2.43. The van der Waals surface area contributed by atoms with E-state index in [9.17, 15) is 0 Å². The van der Waals surface area contributed by atoms with Crippen molar-refractivity contribution in [3.63, 3.8) is 0 Å². The Hall–Kier alpha value is -1.62. The van der Waals surface area contributed by atoms with Gasteiger partial charge in [-0.15, -0.1) is 11.8 Å². The van der Waals surface area contributed by atoms with E-state index in [0.717, 1.165) is 33.0 Å². The van der Waals surface area contributed by atoms with Gasteiger partial charge in [0.25, 0.3) is 8.32 Å². The molecule has 0 aliphatic rings. The molecule has 0 unspecified atom stereocenters. The number of ether oxygens (including phenoxy) is 1. The van der Waals surface area contributed by atoms with Crippen molar-refractivity contribution in [2.75, 3.05) is 7.11 Å². The van der Waals surface area contributed by atoms with Gasteiger partial charge in [0.2, 0.25) is 0 Å². The van der Waals surface area contributed by atoms with E-state index in [1.54, 1.807) is 18.9 Å². The van der Waals surface area contributed by atoms with E-state index in [-0.39, 0.29) is 5.04 Å². The molecule has 0 fully saturated rings. The molecule has 0 aromatic heterocycles. The first-order valence-corrected chi connectivity index (χ1v) is 14.0. The average molecular weight is 445 g/mol. The van der Waals surface area contributed by atoms with E-state index in [1.807, 2.05) is 24.3 Å². The summed E-state index contributed by atoms with van der Waals surface area (Å²) in [4.78, 5) is 1.18. The molecule has 154 valence electrons. The topological polar surface area (TPSA) is 18.5 Å². The first-order valence-electron chi connectivity index (χ1n) is 9.77. The van der Waals surface area contributed by atoms with Gasteiger partial charge in [0.1, 0.15) is 11.5 Å². The number of benzene rings is 3. The highest BCUT2D eigenvalue weighted by molar-refractivity contribution is 7.98. The Balaban J connectivity index is 1.93. The van der Waals surface area contributed by atoms with Crippen LogP contribution in [0.25, 0.3) is 10.8 Å². The predicted octanol–water partition coefficient (Wildman–Crippen LogP) is 8.18. The van der Waals surface area contributed by atoms with Gasteiger partial charge < -0.3 is 9.16 Å². The van der Waals surface area contributed by atoms with Gasteiger partial charge in [-0.05, 0) is 71.5 Å². The molecule has 0 saturated heterocycles. The van der Waals surface area contributed by atoms with Crippen molar-refractivity contribution < 1.29 is 9.16 Å². The zero-order chi connectivity index (χ0) is 21.2. The SMILES string of the molecule is COc1ccc(CSc2cc(O[Si](C)(C)C(C)(C)C)c3ccc(Cl)cc3c2)cc1. The molecule has 3 rings (SSSR count). The number of fused-ring (bicyclic) bond motifs is 1. The standard InChI is InChI=1S/C24H29ClO2SSi/c1-24(2,3)29(5,6)27-23-15-21(14-18-13-19(25)9-12-22(18)23)28-16-17-7-10-20(26-4)11-8-17/h7-15H,16H2,1-6H3. The van der Waals surface area contributed by atoms with Crippen molar-refractivity contribution in [2.45, 2.75) is 49.6 Å². The van der Waals surface area contributed by atoms with Gasteiger partial charge in [0.15, 0.2) is 0 Å². The Bertz CT molecular complexity index is 994. The van der Waals surface area contributed by atoms with Crippen LogP contribution >= 0.6 is 23.4 Å². The van der Waals surface area contributed by atoms with Crippen molar-refractivity contribution >= 4 is 42.5 Å². The van der Waals surface area contributed by atoms with Crippen molar-refractivity contribution in [3.05, 3.63) is 65.2 Å². The van der Waals surface area contributed by atoms with Gasteiger partial charge in [-0.25, -0.2) is 0 Å². The lowest BCUT2D eigenvalue weighted by atomic mass is 10.1. The molecule has 0 aliphatic heterocycles. The number of methoxy groups -OCH3 is 1. The van der Waals surface area contributed by atoms with Crippen LogP contribution < -0.4 is 9.16 Å². The molecule has 0 bridgehead atoms. The van der Waals surface area contributed by atoms with Crippen molar-refractivity contribution in [3.8, 4) is 11.5 Å². The summed E-state index contributed by atoms with van der Waals surface area (Å²) in [7, 11) is -0.265. The Labute approximate surface area is 184 Å². The second-order valence-electron chi connectivity index (χ2n) is 8.79. The van der Waals surface area contributed by atoms with Crippen LogP contribution in [0.1, 0.15) is 26.3 Å². The van der Waals surface area contributed by atoms with Crippen LogP contribution in [0.15, 0.2) is 59.5 Å². The minimum atomic E-state index is -1.95. The van der Waals surface area contributed by atoms with E-state index in [2.05, 4.69) is 64.2 Å². The summed E-state index contributed by atoms with van der Waals surface area (Å²) in [5.74, 6) is 2.72.